The van der Waals surface area contributed by atoms with Crippen LogP contribution >= 0.6 is 11.3 Å². The molecule has 1 aromatic carbocycles. The molecule has 0 aliphatic carbocycles. The van der Waals surface area contributed by atoms with Gasteiger partial charge >= 0.3 is 0 Å². The van der Waals surface area contributed by atoms with Gasteiger partial charge in [-0.3, -0.25) is 14.6 Å². The summed E-state index contributed by atoms with van der Waals surface area (Å²) in [6.45, 7) is 2.73. The van der Waals surface area contributed by atoms with Crippen LogP contribution in [-0.2, 0) is 4.79 Å². The van der Waals surface area contributed by atoms with E-state index in [1.165, 1.54) is 18.6 Å². The molecule has 0 saturated carbocycles. The zero-order valence-corrected chi connectivity index (χ0v) is 15.4. The number of hydrogen-bond acceptors (Lipinski definition) is 6. The minimum Gasteiger partial charge on any atom is -0.336 e. The Bertz CT molecular complexity index is 983. The number of benzene rings is 1. The lowest BCUT2D eigenvalue weighted by atomic mass is 9.98. The van der Waals surface area contributed by atoms with Crippen molar-refractivity contribution < 1.29 is 9.59 Å². The molecule has 2 aromatic heterocycles. The van der Waals surface area contributed by atoms with Crippen LogP contribution in [0.2, 0.25) is 0 Å². The third-order valence-corrected chi connectivity index (χ3v) is 5.14. The molecule has 3 aromatic rings. The first-order chi connectivity index (χ1) is 13.1. The van der Waals surface area contributed by atoms with Crippen LogP contribution in [0.4, 0.5) is 5.69 Å². The monoisotopic (exact) mass is 379 g/mol. The Balaban J connectivity index is 1.36. The van der Waals surface area contributed by atoms with Gasteiger partial charge in [0.1, 0.15) is 5.69 Å². The first kappa shape index (κ1) is 17.3. The van der Waals surface area contributed by atoms with Gasteiger partial charge in [-0.1, -0.05) is 12.1 Å². The van der Waals surface area contributed by atoms with Gasteiger partial charge in [-0.25, -0.2) is 9.97 Å². The van der Waals surface area contributed by atoms with E-state index >= 15 is 0 Å². The number of thiazole rings is 1. The molecule has 7 nitrogen and oxygen atoms in total. The molecular weight excluding hydrogens is 362 g/mol. The highest BCUT2D eigenvalue weighted by Gasteiger charge is 2.36. The van der Waals surface area contributed by atoms with E-state index in [0.29, 0.717) is 18.8 Å². The largest absolute Gasteiger partial charge is 0.336 e. The second kappa shape index (κ2) is 7.24. The van der Waals surface area contributed by atoms with Crippen molar-refractivity contribution in [3.05, 3.63) is 58.9 Å². The number of carbonyl (C=O) groups is 2. The molecule has 0 spiro atoms. The maximum Gasteiger partial charge on any atom is 0.274 e. The lowest BCUT2D eigenvalue weighted by Gasteiger charge is -2.37. The van der Waals surface area contributed by atoms with Gasteiger partial charge in [-0.05, 0) is 19.1 Å². The number of nitrogens with zero attached hydrogens (tertiary/aromatic N) is 4. The minimum absolute atomic E-state index is 0.0928. The Kier molecular flexibility index (Phi) is 4.64. The van der Waals surface area contributed by atoms with Gasteiger partial charge in [-0.15, -0.1) is 11.3 Å². The fraction of sp³-hybridized carbons (Fsp3) is 0.211. The topological polar surface area (TPSA) is 88.1 Å². The van der Waals surface area contributed by atoms with Crippen molar-refractivity contribution in [2.24, 2.45) is 5.92 Å². The third-order valence-electron chi connectivity index (χ3n) is 4.37. The second-order valence-electron chi connectivity index (χ2n) is 6.32. The van der Waals surface area contributed by atoms with Gasteiger partial charge in [0.05, 0.1) is 22.8 Å². The minimum atomic E-state index is -0.226. The van der Waals surface area contributed by atoms with Crippen molar-refractivity contribution >= 4 is 28.8 Å². The molecule has 136 valence electrons. The van der Waals surface area contributed by atoms with Crippen molar-refractivity contribution in [3.8, 4) is 11.3 Å². The normalized spacial score (nSPS) is 13.9. The predicted molar refractivity (Wildman–Crippen MR) is 102 cm³/mol. The van der Waals surface area contributed by atoms with Crippen molar-refractivity contribution in [1.29, 1.82) is 0 Å². The standard InChI is InChI=1S/C19H17N5O2S/c1-12-22-17(11-27-12)13-3-2-4-15(7-13)23-18(25)14-9-24(10-14)19(26)16-8-20-5-6-21-16/h2-8,11,14H,9-10H2,1H3,(H,23,25). The molecule has 0 radical (unpaired) electrons. The lowest BCUT2D eigenvalue weighted by Crippen LogP contribution is -2.54. The van der Waals surface area contributed by atoms with E-state index in [0.717, 1.165) is 22.0 Å². The summed E-state index contributed by atoms with van der Waals surface area (Å²) in [5, 5.41) is 5.93. The van der Waals surface area contributed by atoms with Crippen LogP contribution in [0.1, 0.15) is 15.5 Å². The molecule has 2 amide bonds. The van der Waals surface area contributed by atoms with E-state index in [9.17, 15) is 9.59 Å². The van der Waals surface area contributed by atoms with Gasteiger partial charge in [0, 0.05) is 42.1 Å². The van der Waals surface area contributed by atoms with Crippen molar-refractivity contribution in [1.82, 2.24) is 19.9 Å². The maximum atomic E-state index is 12.5. The van der Waals surface area contributed by atoms with Crippen molar-refractivity contribution in [3.63, 3.8) is 0 Å². The number of anilines is 1. The van der Waals surface area contributed by atoms with Crippen LogP contribution < -0.4 is 5.32 Å². The molecule has 3 heterocycles. The number of rotatable bonds is 4. The predicted octanol–water partition coefficient (Wildman–Crippen LogP) is 2.62. The molecular formula is C19H17N5O2S. The van der Waals surface area contributed by atoms with Crippen molar-refractivity contribution in [2.45, 2.75) is 6.92 Å². The Morgan fingerprint density at radius 3 is 2.81 bits per heavy atom. The Morgan fingerprint density at radius 1 is 1.26 bits per heavy atom. The molecule has 0 atom stereocenters. The number of likely N-dealkylation sites (tertiary alicyclic amines) is 1. The molecule has 1 saturated heterocycles. The Labute approximate surface area is 160 Å². The van der Waals surface area contributed by atoms with E-state index in [-0.39, 0.29) is 17.7 Å². The molecule has 4 rings (SSSR count). The summed E-state index contributed by atoms with van der Waals surface area (Å²) in [4.78, 5) is 38.7. The average Bonchev–Trinajstić information content (AvgIpc) is 3.08. The number of aryl methyl sites for hydroxylation is 1. The first-order valence-corrected chi connectivity index (χ1v) is 9.37. The van der Waals surface area contributed by atoms with Crippen LogP contribution in [0, 0.1) is 12.8 Å². The van der Waals surface area contributed by atoms with Crippen LogP contribution in [0.5, 0.6) is 0 Å². The zero-order valence-electron chi connectivity index (χ0n) is 14.6. The summed E-state index contributed by atoms with van der Waals surface area (Å²) in [6, 6.07) is 7.62. The average molecular weight is 379 g/mol. The summed E-state index contributed by atoms with van der Waals surface area (Å²) < 4.78 is 0. The van der Waals surface area contributed by atoms with Gasteiger partial charge in [0.25, 0.3) is 5.91 Å². The maximum absolute atomic E-state index is 12.5. The van der Waals surface area contributed by atoms with Gasteiger partial charge in [0.2, 0.25) is 5.91 Å². The van der Waals surface area contributed by atoms with Gasteiger partial charge < -0.3 is 10.2 Å². The number of aromatic nitrogens is 3. The molecule has 0 unspecified atom stereocenters. The van der Waals surface area contributed by atoms with Gasteiger partial charge in [-0.2, -0.15) is 0 Å². The second-order valence-corrected chi connectivity index (χ2v) is 7.38. The first-order valence-electron chi connectivity index (χ1n) is 8.49. The highest BCUT2D eigenvalue weighted by molar-refractivity contribution is 7.09. The Hall–Kier alpha value is -3.13. The van der Waals surface area contributed by atoms with Crippen molar-refractivity contribution in [2.75, 3.05) is 18.4 Å². The van der Waals surface area contributed by atoms with Gasteiger partial charge in [0.15, 0.2) is 0 Å². The van der Waals surface area contributed by atoms with Crippen LogP contribution in [0.15, 0.2) is 48.2 Å². The van der Waals surface area contributed by atoms with Crippen LogP contribution in [0.25, 0.3) is 11.3 Å². The zero-order chi connectivity index (χ0) is 18.8. The number of nitrogens with one attached hydrogen (secondary N) is 1. The van der Waals surface area contributed by atoms with E-state index in [2.05, 4.69) is 20.3 Å². The molecule has 27 heavy (non-hydrogen) atoms. The number of carbonyl (C=O) groups excluding carboxylic acids is 2. The molecule has 1 fully saturated rings. The summed E-state index contributed by atoms with van der Waals surface area (Å²) in [6.07, 6.45) is 4.43. The van der Waals surface area contributed by atoms with Crippen LogP contribution in [0.3, 0.4) is 0 Å². The quantitative estimate of drug-likeness (QED) is 0.753. The summed E-state index contributed by atoms with van der Waals surface area (Å²) >= 11 is 1.59. The smallest absolute Gasteiger partial charge is 0.274 e. The highest BCUT2D eigenvalue weighted by Crippen LogP contribution is 2.25. The summed E-state index contributed by atoms with van der Waals surface area (Å²) in [7, 11) is 0. The molecule has 1 aliphatic heterocycles. The molecule has 1 aliphatic rings. The number of amides is 2. The highest BCUT2D eigenvalue weighted by atomic mass is 32.1. The number of hydrogen-bond donors (Lipinski definition) is 1. The van der Waals surface area contributed by atoms with E-state index in [4.69, 9.17) is 0 Å². The van der Waals surface area contributed by atoms with Crippen LogP contribution in [-0.4, -0.2) is 44.8 Å². The summed E-state index contributed by atoms with van der Waals surface area (Å²) in [5.74, 6) is -0.520. The fourth-order valence-corrected chi connectivity index (χ4v) is 3.50. The van der Waals surface area contributed by atoms with E-state index in [1.807, 2.05) is 36.6 Å². The molecule has 8 heteroatoms. The fourth-order valence-electron chi connectivity index (χ4n) is 2.88. The molecule has 1 N–H and O–H groups in total. The van der Waals surface area contributed by atoms with E-state index in [1.54, 1.807) is 16.2 Å². The molecule has 0 bridgehead atoms. The SMILES string of the molecule is Cc1nc(-c2cccc(NC(=O)C3CN(C(=O)c4cnccn4)C3)c2)cs1. The summed E-state index contributed by atoms with van der Waals surface area (Å²) in [5.41, 5.74) is 2.88. The third kappa shape index (κ3) is 3.70. The van der Waals surface area contributed by atoms with E-state index < -0.39 is 0 Å². The Morgan fingerprint density at radius 2 is 2.11 bits per heavy atom. The lowest BCUT2D eigenvalue weighted by molar-refractivity contribution is -0.123.